The van der Waals surface area contributed by atoms with Crippen LogP contribution in [0.3, 0.4) is 0 Å². The Morgan fingerprint density at radius 1 is 0.950 bits per heavy atom. The molecule has 0 aromatic heterocycles. The van der Waals surface area contributed by atoms with E-state index >= 15 is 0 Å². The average Bonchev–Trinajstić information content (AvgIpc) is 2.41. The number of carboxylic acid groups (broad SMARTS) is 1. The van der Waals surface area contributed by atoms with Crippen LogP contribution in [-0.2, 0) is 4.79 Å². The number of halogens is 1. The molecule has 3 nitrogen and oxygen atoms in total. The highest BCUT2D eigenvalue weighted by molar-refractivity contribution is 6.21. The SMILES string of the molecule is CCCCCCC(O)C(Cl)CCCCCCCC(=O)O. The van der Waals surface area contributed by atoms with Crippen molar-refractivity contribution in [1.29, 1.82) is 0 Å². The first-order chi connectivity index (χ1) is 9.57. The number of hydrogen-bond donors (Lipinski definition) is 2. The summed E-state index contributed by atoms with van der Waals surface area (Å²) < 4.78 is 0. The first kappa shape index (κ1) is 19.7. The van der Waals surface area contributed by atoms with E-state index in [1.807, 2.05) is 0 Å². The van der Waals surface area contributed by atoms with Crippen molar-refractivity contribution in [1.82, 2.24) is 0 Å². The molecule has 0 fully saturated rings. The lowest BCUT2D eigenvalue weighted by molar-refractivity contribution is -0.137. The minimum Gasteiger partial charge on any atom is -0.481 e. The van der Waals surface area contributed by atoms with Gasteiger partial charge in [0.25, 0.3) is 0 Å². The van der Waals surface area contributed by atoms with Gasteiger partial charge in [-0.25, -0.2) is 0 Å². The smallest absolute Gasteiger partial charge is 0.303 e. The molecule has 0 spiro atoms. The second kappa shape index (κ2) is 13.7. The topological polar surface area (TPSA) is 57.5 Å². The standard InChI is InChI=1S/C16H31ClO3/c1-2-3-4-9-12-15(18)14(17)11-8-6-5-7-10-13-16(19)20/h14-15,18H,2-13H2,1H3,(H,19,20). The summed E-state index contributed by atoms with van der Waals surface area (Å²) in [4.78, 5) is 10.3. The molecule has 120 valence electrons. The van der Waals surface area contributed by atoms with Crippen molar-refractivity contribution in [2.24, 2.45) is 0 Å². The fraction of sp³-hybridized carbons (Fsp3) is 0.938. The van der Waals surface area contributed by atoms with Crippen molar-refractivity contribution in [3.63, 3.8) is 0 Å². The number of rotatable bonds is 14. The Balaban J connectivity index is 3.38. The zero-order valence-electron chi connectivity index (χ0n) is 12.8. The van der Waals surface area contributed by atoms with Gasteiger partial charge >= 0.3 is 5.97 Å². The van der Waals surface area contributed by atoms with Gasteiger partial charge in [-0.3, -0.25) is 4.79 Å². The highest BCUT2D eigenvalue weighted by Gasteiger charge is 2.15. The maximum atomic E-state index is 10.3. The van der Waals surface area contributed by atoms with Crippen molar-refractivity contribution in [2.45, 2.75) is 95.5 Å². The third-order valence-electron chi connectivity index (χ3n) is 3.64. The highest BCUT2D eigenvalue weighted by atomic mass is 35.5. The van der Waals surface area contributed by atoms with Crippen LogP contribution in [0.5, 0.6) is 0 Å². The molecular weight excluding hydrogens is 276 g/mol. The Morgan fingerprint density at radius 2 is 1.50 bits per heavy atom. The van der Waals surface area contributed by atoms with Gasteiger partial charge in [0.15, 0.2) is 0 Å². The van der Waals surface area contributed by atoms with E-state index in [0.29, 0.717) is 0 Å². The van der Waals surface area contributed by atoms with Gasteiger partial charge in [0.1, 0.15) is 0 Å². The zero-order chi connectivity index (χ0) is 15.2. The van der Waals surface area contributed by atoms with Crippen molar-refractivity contribution >= 4 is 17.6 Å². The molecule has 4 heteroatoms. The van der Waals surface area contributed by atoms with Gasteiger partial charge in [0.2, 0.25) is 0 Å². The van der Waals surface area contributed by atoms with Crippen LogP contribution in [-0.4, -0.2) is 27.7 Å². The monoisotopic (exact) mass is 306 g/mol. The molecule has 2 N–H and O–H groups in total. The molecule has 0 saturated heterocycles. The summed E-state index contributed by atoms with van der Waals surface area (Å²) in [6, 6.07) is 0. The average molecular weight is 307 g/mol. The highest BCUT2D eigenvalue weighted by Crippen LogP contribution is 2.18. The van der Waals surface area contributed by atoms with Gasteiger partial charge < -0.3 is 10.2 Å². The summed E-state index contributed by atoms with van der Waals surface area (Å²) >= 11 is 6.20. The number of hydrogen-bond acceptors (Lipinski definition) is 2. The summed E-state index contributed by atoms with van der Waals surface area (Å²) in [5, 5.41) is 18.3. The Hall–Kier alpha value is -0.280. The molecule has 0 aromatic carbocycles. The quantitative estimate of drug-likeness (QED) is 0.360. The number of carboxylic acids is 1. The number of aliphatic hydroxyl groups excluding tert-OH is 1. The minimum atomic E-state index is -0.711. The number of aliphatic carboxylic acids is 1. The van der Waals surface area contributed by atoms with Crippen molar-refractivity contribution in [2.75, 3.05) is 0 Å². The van der Waals surface area contributed by atoms with E-state index in [0.717, 1.165) is 51.4 Å². The van der Waals surface area contributed by atoms with Crippen molar-refractivity contribution < 1.29 is 15.0 Å². The Labute approximate surface area is 128 Å². The maximum Gasteiger partial charge on any atom is 0.303 e. The van der Waals surface area contributed by atoms with Crippen LogP contribution < -0.4 is 0 Å². The predicted octanol–water partition coefficient (Wildman–Crippen LogP) is 4.74. The molecule has 0 saturated carbocycles. The van der Waals surface area contributed by atoms with Gasteiger partial charge in [-0.2, -0.15) is 0 Å². The molecule has 0 bridgehead atoms. The fourth-order valence-corrected chi connectivity index (χ4v) is 2.58. The van der Waals surface area contributed by atoms with Crippen LogP contribution in [0, 0.1) is 0 Å². The van der Waals surface area contributed by atoms with Gasteiger partial charge in [-0.15, -0.1) is 11.6 Å². The van der Waals surface area contributed by atoms with E-state index in [1.165, 1.54) is 19.3 Å². The second-order valence-electron chi connectivity index (χ2n) is 5.63. The predicted molar refractivity (Wildman–Crippen MR) is 84.4 cm³/mol. The molecule has 0 rings (SSSR count). The minimum absolute atomic E-state index is 0.129. The van der Waals surface area contributed by atoms with Gasteiger partial charge in [-0.05, 0) is 19.3 Å². The molecule has 2 unspecified atom stereocenters. The normalized spacial score (nSPS) is 14.2. The van der Waals surface area contributed by atoms with E-state index < -0.39 is 5.97 Å². The Bertz CT molecular complexity index is 234. The second-order valence-corrected chi connectivity index (χ2v) is 6.19. The van der Waals surface area contributed by atoms with E-state index in [2.05, 4.69) is 6.92 Å². The summed E-state index contributed by atoms with van der Waals surface area (Å²) in [6.07, 6.45) is 11.1. The van der Waals surface area contributed by atoms with Crippen LogP contribution in [0.15, 0.2) is 0 Å². The maximum absolute atomic E-state index is 10.3. The molecule has 0 amide bonds. The summed E-state index contributed by atoms with van der Waals surface area (Å²) in [6.45, 7) is 2.18. The third-order valence-corrected chi connectivity index (χ3v) is 4.15. The number of aliphatic hydroxyl groups is 1. The summed E-state index contributed by atoms with van der Waals surface area (Å²) in [7, 11) is 0. The van der Waals surface area contributed by atoms with Crippen LogP contribution in [0.1, 0.15) is 84.0 Å². The first-order valence-corrected chi connectivity index (χ1v) is 8.55. The molecule has 0 aromatic rings. The molecule has 20 heavy (non-hydrogen) atoms. The Morgan fingerprint density at radius 3 is 2.15 bits per heavy atom. The molecule has 0 heterocycles. The lowest BCUT2D eigenvalue weighted by Gasteiger charge is -2.16. The van der Waals surface area contributed by atoms with E-state index in [-0.39, 0.29) is 17.9 Å². The lowest BCUT2D eigenvalue weighted by atomic mass is 10.0. The van der Waals surface area contributed by atoms with E-state index in [1.54, 1.807) is 0 Å². The lowest BCUT2D eigenvalue weighted by Crippen LogP contribution is -2.20. The fourth-order valence-electron chi connectivity index (χ4n) is 2.30. The van der Waals surface area contributed by atoms with Crippen molar-refractivity contribution in [3.05, 3.63) is 0 Å². The van der Waals surface area contributed by atoms with Crippen LogP contribution in [0.2, 0.25) is 0 Å². The summed E-state index contributed by atoms with van der Waals surface area (Å²) in [5.41, 5.74) is 0. The van der Waals surface area contributed by atoms with Crippen LogP contribution in [0.4, 0.5) is 0 Å². The molecular formula is C16H31ClO3. The number of alkyl halides is 1. The van der Waals surface area contributed by atoms with Crippen molar-refractivity contribution in [3.8, 4) is 0 Å². The number of unbranched alkanes of at least 4 members (excludes halogenated alkanes) is 7. The molecule has 0 aliphatic rings. The van der Waals surface area contributed by atoms with Gasteiger partial charge in [-0.1, -0.05) is 58.3 Å². The van der Waals surface area contributed by atoms with E-state index in [4.69, 9.17) is 16.7 Å². The third kappa shape index (κ3) is 12.7. The molecule has 0 aliphatic carbocycles. The summed E-state index contributed by atoms with van der Waals surface area (Å²) in [5.74, 6) is -0.711. The molecule has 0 aliphatic heterocycles. The zero-order valence-corrected chi connectivity index (χ0v) is 13.6. The largest absolute Gasteiger partial charge is 0.481 e. The molecule has 2 atom stereocenters. The van der Waals surface area contributed by atoms with Crippen LogP contribution in [0.25, 0.3) is 0 Å². The van der Waals surface area contributed by atoms with Gasteiger partial charge in [0.05, 0.1) is 11.5 Å². The first-order valence-electron chi connectivity index (χ1n) is 8.11. The Kier molecular flexibility index (Phi) is 13.5. The number of carbonyl (C=O) groups is 1. The van der Waals surface area contributed by atoms with Crippen LogP contribution >= 0.6 is 11.6 Å². The van der Waals surface area contributed by atoms with Gasteiger partial charge in [0, 0.05) is 6.42 Å². The molecule has 0 radical (unpaired) electrons. The van der Waals surface area contributed by atoms with E-state index in [9.17, 15) is 9.90 Å².